The molecule has 0 aromatic heterocycles. The smallest absolute Gasteiger partial charge is 0.248 e. The van der Waals surface area contributed by atoms with E-state index < -0.39 is 0 Å². The summed E-state index contributed by atoms with van der Waals surface area (Å²) >= 11 is 0. The van der Waals surface area contributed by atoms with E-state index in [1.807, 2.05) is 49.4 Å². The van der Waals surface area contributed by atoms with Crippen molar-refractivity contribution in [3.8, 4) is 29.1 Å². The second-order valence-electron chi connectivity index (χ2n) is 6.59. The van der Waals surface area contributed by atoms with Gasteiger partial charge in [0.2, 0.25) is 5.91 Å². The lowest BCUT2D eigenvalue weighted by Crippen LogP contribution is -2.08. The number of carbonyl (C=O) groups excluding carboxylic acids is 1. The van der Waals surface area contributed by atoms with Gasteiger partial charge in [-0.1, -0.05) is 35.9 Å². The maximum atomic E-state index is 12.5. The normalized spacial score (nSPS) is 10.4. The van der Waals surface area contributed by atoms with Gasteiger partial charge in [-0.3, -0.25) is 4.79 Å². The number of hydrogen-bond donors (Lipinski definition) is 1. The predicted octanol–water partition coefficient (Wildman–Crippen LogP) is 5.35. The van der Waals surface area contributed by atoms with Crippen LogP contribution in [0.25, 0.3) is 6.08 Å². The summed E-state index contributed by atoms with van der Waals surface area (Å²) in [6, 6.07) is 22.0. The van der Waals surface area contributed by atoms with Gasteiger partial charge in [0.15, 0.2) is 23.9 Å². The summed E-state index contributed by atoms with van der Waals surface area (Å²) in [5, 5.41) is 11.5. The van der Waals surface area contributed by atoms with Crippen molar-refractivity contribution in [2.24, 2.45) is 0 Å². The zero-order valence-corrected chi connectivity index (χ0v) is 17.3. The fourth-order valence-corrected chi connectivity index (χ4v) is 2.76. The molecule has 6 nitrogen and oxygen atoms in total. The molecule has 0 aliphatic carbocycles. The molecule has 6 heteroatoms. The van der Waals surface area contributed by atoms with Crippen LogP contribution >= 0.6 is 0 Å². The number of benzene rings is 3. The van der Waals surface area contributed by atoms with E-state index in [0.717, 1.165) is 11.1 Å². The van der Waals surface area contributed by atoms with Gasteiger partial charge in [-0.2, -0.15) is 5.26 Å². The van der Waals surface area contributed by atoms with Crippen molar-refractivity contribution in [2.45, 2.75) is 6.92 Å². The van der Waals surface area contributed by atoms with Crippen LogP contribution in [-0.2, 0) is 4.79 Å². The highest BCUT2D eigenvalue weighted by atomic mass is 16.5. The summed E-state index contributed by atoms with van der Waals surface area (Å²) in [6.45, 7) is 1.94. The number of para-hydroxylation sites is 2. The van der Waals surface area contributed by atoms with Gasteiger partial charge in [-0.05, 0) is 55.0 Å². The molecule has 3 rings (SSSR count). The van der Waals surface area contributed by atoms with Gasteiger partial charge in [-0.25, -0.2) is 0 Å². The molecule has 0 saturated carbocycles. The van der Waals surface area contributed by atoms with Crippen molar-refractivity contribution in [1.29, 1.82) is 5.26 Å². The summed E-state index contributed by atoms with van der Waals surface area (Å²) in [4.78, 5) is 12.5. The van der Waals surface area contributed by atoms with Gasteiger partial charge in [0.25, 0.3) is 0 Å². The molecule has 0 unspecified atom stereocenters. The lowest BCUT2D eigenvalue weighted by molar-refractivity contribution is -0.111. The quantitative estimate of drug-likeness (QED) is 0.503. The highest BCUT2D eigenvalue weighted by Crippen LogP contribution is 2.30. The topological polar surface area (TPSA) is 80.6 Å². The Hall–Kier alpha value is -4.24. The Morgan fingerprint density at radius 1 is 1.03 bits per heavy atom. The molecular weight excluding hydrogens is 392 g/mol. The van der Waals surface area contributed by atoms with E-state index >= 15 is 0 Å². The van der Waals surface area contributed by atoms with E-state index in [4.69, 9.17) is 19.5 Å². The molecule has 0 saturated heterocycles. The molecule has 3 aromatic rings. The van der Waals surface area contributed by atoms with Crippen LogP contribution in [0.5, 0.6) is 23.0 Å². The van der Waals surface area contributed by atoms with E-state index in [-0.39, 0.29) is 12.5 Å². The fraction of sp³-hybridized carbons (Fsp3) is 0.120. The fourth-order valence-electron chi connectivity index (χ4n) is 2.76. The van der Waals surface area contributed by atoms with Crippen molar-refractivity contribution >= 4 is 17.7 Å². The van der Waals surface area contributed by atoms with Crippen LogP contribution in [0.4, 0.5) is 5.69 Å². The number of rotatable bonds is 8. The lowest BCUT2D eigenvalue weighted by atomic mass is 10.2. The number of nitriles is 1. The van der Waals surface area contributed by atoms with Crippen LogP contribution < -0.4 is 19.5 Å². The van der Waals surface area contributed by atoms with E-state index in [0.29, 0.717) is 28.7 Å². The Morgan fingerprint density at radius 3 is 2.55 bits per heavy atom. The van der Waals surface area contributed by atoms with Crippen molar-refractivity contribution in [2.75, 3.05) is 19.0 Å². The second-order valence-corrected chi connectivity index (χ2v) is 6.59. The standard InChI is InChI=1S/C25H22N2O4/c1-18-7-11-20(12-8-18)31-22-6-4-3-5-21(22)27-25(28)14-10-19-9-13-23(30-16-15-26)24(17-19)29-2/h3-14,17H,16H2,1-2H3,(H,27,28)/b14-10+. The molecule has 0 atom stereocenters. The minimum absolute atomic E-state index is 0.0714. The van der Waals surface area contributed by atoms with Crippen molar-refractivity contribution in [3.05, 3.63) is 83.9 Å². The summed E-state index contributed by atoms with van der Waals surface area (Å²) in [6.07, 6.45) is 3.09. The number of nitrogens with one attached hydrogen (secondary N) is 1. The van der Waals surface area contributed by atoms with E-state index in [9.17, 15) is 4.79 Å². The Balaban J connectivity index is 1.69. The zero-order valence-electron chi connectivity index (χ0n) is 17.3. The number of anilines is 1. The molecule has 0 aliphatic rings. The molecule has 0 radical (unpaired) electrons. The summed E-state index contributed by atoms with van der Waals surface area (Å²) in [7, 11) is 1.51. The zero-order chi connectivity index (χ0) is 22.1. The van der Waals surface area contributed by atoms with Crippen LogP contribution in [0.1, 0.15) is 11.1 Å². The molecule has 156 valence electrons. The predicted molar refractivity (Wildman–Crippen MR) is 119 cm³/mol. The average molecular weight is 414 g/mol. The number of nitrogens with zero attached hydrogens (tertiary/aromatic N) is 1. The number of ether oxygens (including phenoxy) is 3. The maximum Gasteiger partial charge on any atom is 0.248 e. The first-order chi connectivity index (χ1) is 15.1. The first-order valence-corrected chi connectivity index (χ1v) is 9.59. The molecule has 3 aromatic carbocycles. The lowest BCUT2D eigenvalue weighted by Gasteiger charge is -2.11. The first-order valence-electron chi connectivity index (χ1n) is 9.59. The Morgan fingerprint density at radius 2 is 1.81 bits per heavy atom. The number of hydrogen-bond acceptors (Lipinski definition) is 5. The SMILES string of the molecule is COc1cc(/C=C/C(=O)Nc2ccccc2Oc2ccc(C)cc2)ccc1OCC#N. The number of carbonyl (C=O) groups is 1. The minimum atomic E-state index is -0.302. The molecule has 0 spiro atoms. The van der Waals surface area contributed by atoms with Crippen molar-refractivity contribution in [3.63, 3.8) is 0 Å². The highest BCUT2D eigenvalue weighted by molar-refractivity contribution is 6.02. The largest absolute Gasteiger partial charge is 0.493 e. The van der Waals surface area contributed by atoms with Gasteiger partial charge in [0.05, 0.1) is 12.8 Å². The van der Waals surface area contributed by atoms with Crippen LogP contribution in [0.3, 0.4) is 0 Å². The third-order valence-corrected chi connectivity index (χ3v) is 4.30. The van der Waals surface area contributed by atoms with Crippen molar-refractivity contribution < 1.29 is 19.0 Å². The van der Waals surface area contributed by atoms with E-state index in [1.54, 1.807) is 36.4 Å². The van der Waals surface area contributed by atoms with Crippen LogP contribution in [-0.4, -0.2) is 19.6 Å². The van der Waals surface area contributed by atoms with Gasteiger partial charge in [0, 0.05) is 6.08 Å². The average Bonchev–Trinajstić information content (AvgIpc) is 2.79. The van der Waals surface area contributed by atoms with Crippen molar-refractivity contribution in [1.82, 2.24) is 0 Å². The molecular formula is C25H22N2O4. The summed E-state index contributed by atoms with van der Waals surface area (Å²) < 4.78 is 16.5. The van der Waals surface area contributed by atoms with Crippen LogP contribution in [0, 0.1) is 18.3 Å². The monoisotopic (exact) mass is 414 g/mol. The molecule has 31 heavy (non-hydrogen) atoms. The van der Waals surface area contributed by atoms with Gasteiger partial charge >= 0.3 is 0 Å². The van der Waals surface area contributed by atoms with Gasteiger partial charge < -0.3 is 19.5 Å². The van der Waals surface area contributed by atoms with E-state index in [2.05, 4.69) is 5.32 Å². The number of amides is 1. The second kappa shape index (κ2) is 10.5. The molecule has 1 amide bonds. The van der Waals surface area contributed by atoms with Crippen LogP contribution in [0.2, 0.25) is 0 Å². The number of aryl methyl sites for hydroxylation is 1. The van der Waals surface area contributed by atoms with Crippen LogP contribution in [0.15, 0.2) is 72.8 Å². The third kappa shape index (κ3) is 6.12. The van der Waals surface area contributed by atoms with Gasteiger partial charge in [0.1, 0.15) is 11.8 Å². The van der Waals surface area contributed by atoms with E-state index in [1.165, 1.54) is 13.2 Å². The molecule has 0 fully saturated rings. The first kappa shape index (κ1) is 21.5. The Kier molecular flexibility index (Phi) is 7.28. The number of methoxy groups -OCH3 is 1. The maximum absolute atomic E-state index is 12.5. The highest BCUT2D eigenvalue weighted by Gasteiger charge is 2.08. The molecule has 0 bridgehead atoms. The molecule has 0 heterocycles. The van der Waals surface area contributed by atoms with Gasteiger partial charge in [-0.15, -0.1) is 0 Å². The molecule has 1 N–H and O–H groups in total. The minimum Gasteiger partial charge on any atom is -0.493 e. The summed E-state index contributed by atoms with van der Waals surface area (Å²) in [5.74, 6) is 1.88. The Bertz CT molecular complexity index is 1120. The summed E-state index contributed by atoms with van der Waals surface area (Å²) in [5.41, 5.74) is 2.46. The third-order valence-electron chi connectivity index (χ3n) is 4.30. The Labute approximate surface area is 181 Å². The molecule has 0 aliphatic heterocycles.